The van der Waals surface area contributed by atoms with E-state index >= 15 is 0 Å². The Morgan fingerprint density at radius 3 is 2.62 bits per heavy atom. The van der Waals surface area contributed by atoms with E-state index < -0.39 is 0 Å². The number of ether oxygens (including phenoxy) is 2. The molecule has 0 N–H and O–H groups in total. The third-order valence-electron chi connectivity index (χ3n) is 4.45. The molecule has 1 heterocycles. The van der Waals surface area contributed by atoms with E-state index in [0.717, 1.165) is 36.5 Å². The SMILES string of the molecule is COc1cc(C(=S)N2CCCCC2)cc(Cl)c1OCc1ccccc1F. The van der Waals surface area contributed by atoms with Gasteiger partial charge in [-0.2, -0.15) is 0 Å². The fraction of sp³-hybridized carbons (Fsp3) is 0.350. The molecule has 0 aliphatic carbocycles. The van der Waals surface area contributed by atoms with Gasteiger partial charge < -0.3 is 14.4 Å². The zero-order valence-corrected chi connectivity index (χ0v) is 16.2. The van der Waals surface area contributed by atoms with Crippen LogP contribution in [-0.4, -0.2) is 30.1 Å². The van der Waals surface area contributed by atoms with E-state index in [1.165, 1.54) is 12.5 Å². The van der Waals surface area contributed by atoms with Crippen molar-refractivity contribution in [3.63, 3.8) is 0 Å². The summed E-state index contributed by atoms with van der Waals surface area (Å²) in [5, 5.41) is 0.398. The van der Waals surface area contributed by atoms with Crippen molar-refractivity contribution in [1.82, 2.24) is 4.90 Å². The van der Waals surface area contributed by atoms with Crippen LogP contribution in [0.15, 0.2) is 36.4 Å². The summed E-state index contributed by atoms with van der Waals surface area (Å²) >= 11 is 12.1. The highest BCUT2D eigenvalue weighted by atomic mass is 35.5. The van der Waals surface area contributed by atoms with Crippen LogP contribution in [0.5, 0.6) is 11.5 Å². The molecule has 0 amide bonds. The Bertz CT molecular complexity index is 793. The van der Waals surface area contributed by atoms with Crippen molar-refractivity contribution < 1.29 is 13.9 Å². The van der Waals surface area contributed by atoms with Gasteiger partial charge in [0.15, 0.2) is 11.5 Å². The molecule has 0 bridgehead atoms. The maximum Gasteiger partial charge on any atom is 0.180 e. The lowest BCUT2D eigenvalue weighted by Gasteiger charge is -2.29. The van der Waals surface area contributed by atoms with E-state index in [-0.39, 0.29) is 12.4 Å². The largest absolute Gasteiger partial charge is 0.493 e. The van der Waals surface area contributed by atoms with Gasteiger partial charge in [-0.25, -0.2) is 4.39 Å². The van der Waals surface area contributed by atoms with Gasteiger partial charge in [0.05, 0.1) is 12.1 Å². The Balaban J connectivity index is 1.80. The molecule has 0 atom stereocenters. The van der Waals surface area contributed by atoms with Gasteiger partial charge in [0.1, 0.15) is 17.4 Å². The number of piperidine rings is 1. The maximum absolute atomic E-state index is 13.8. The molecule has 3 nitrogen and oxygen atoms in total. The molecular weight excluding hydrogens is 373 g/mol. The average molecular weight is 394 g/mol. The monoisotopic (exact) mass is 393 g/mol. The minimum absolute atomic E-state index is 0.0681. The highest BCUT2D eigenvalue weighted by Crippen LogP contribution is 2.37. The van der Waals surface area contributed by atoms with Crippen molar-refractivity contribution in [2.75, 3.05) is 20.2 Å². The summed E-state index contributed by atoms with van der Waals surface area (Å²) in [7, 11) is 1.55. The van der Waals surface area contributed by atoms with E-state index in [2.05, 4.69) is 4.90 Å². The molecule has 3 rings (SSSR count). The molecule has 2 aromatic rings. The van der Waals surface area contributed by atoms with Crippen LogP contribution in [0.1, 0.15) is 30.4 Å². The number of halogens is 2. The minimum Gasteiger partial charge on any atom is -0.493 e. The molecule has 0 spiro atoms. The number of hydrogen-bond acceptors (Lipinski definition) is 3. The van der Waals surface area contributed by atoms with Crippen LogP contribution in [-0.2, 0) is 6.61 Å². The van der Waals surface area contributed by atoms with Crippen LogP contribution in [0.2, 0.25) is 5.02 Å². The molecule has 0 saturated carbocycles. The number of hydrogen-bond donors (Lipinski definition) is 0. The molecule has 26 heavy (non-hydrogen) atoms. The first-order valence-electron chi connectivity index (χ1n) is 8.63. The van der Waals surface area contributed by atoms with E-state index in [1.807, 2.05) is 6.07 Å². The first-order chi connectivity index (χ1) is 12.6. The van der Waals surface area contributed by atoms with Crippen LogP contribution in [0, 0.1) is 5.82 Å². The number of thiocarbonyl (C=S) groups is 1. The average Bonchev–Trinajstić information content (AvgIpc) is 2.67. The molecule has 1 aliphatic heterocycles. The van der Waals surface area contributed by atoms with Gasteiger partial charge in [0, 0.05) is 24.2 Å². The Morgan fingerprint density at radius 2 is 1.92 bits per heavy atom. The molecule has 138 valence electrons. The summed E-state index contributed by atoms with van der Waals surface area (Å²) in [4.78, 5) is 2.97. The lowest BCUT2D eigenvalue weighted by Crippen LogP contribution is -2.34. The first-order valence-corrected chi connectivity index (χ1v) is 9.42. The van der Waals surface area contributed by atoms with Crippen molar-refractivity contribution in [1.29, 1.82) is 0 Å². The molecule has 0 radical (unpaired) electrons. The van der Waals surface area contributed by atoms with E-state index in [9.17, 15) is 4.39 Å². The molecule has 0 unspecified atom stereocenters. The van der Waals surface area contributed by atoms with E-state index in [1.54, 1.807) is 31.4 Å². The number of methoxy groups -OCH3 is 1. The van der Waals surface area contributed by atoms with Crippen molar-refractivity contribution in [3.05, 3.63) is 58.4 Å². The van der Waals surface area contributed by atoms with Crippen LogP contribution >= 0.6 is 23.8 Å². The fourth-order valence-corrected chi connectivity index (χ4v) is 3.59. The zero-order chi connectivity index (χ0) is 18.5. The summed E-state index contributed by atoms with van der Waals surface area (Å²) in [6.07, 6.45) is 3.54. The van der Waals surface area contributed by atoms with Gasteiger partial charge in [-0.05, 0) is 37.5 Å². The lowest BCUT2D eigenvalue weighted by atomic mass is 10.1. The normalized spacial score (nSPS) is 14.2. The Labute approximate surface area is 163 Å². The second-order valence-electron chi connectivity index (χ2n) is 6.22. The highest BCUT2D eigenvalue weighted by Gasteiger charge is 2.19. The number of nitrogens with zero attached hydrogens (tertiary/aromatic N) is 1. The van der Waals surface area contributed by atoms with Crippen LogP contribution in [0.25, 0.3) is 0 Å². The van der Waals surface area contributed by atoms with Crippen LogP contribution in [0.3, 0.4) is 0 Å². The van der Waals surface area contributed by atoms with Gasteiger partial charge in [-0.1, -0.05) is 42.0 Å². The summed E-state index contributed by atoms with van der Waals surface area (Å²) in [6.45, 7) is 1.99. The van der Waals surface area contributed by atoms with Crippen LogP contribution in [0.4, 0.5) is 4.39 Å². The summed E-state index contributed by atoms with van der Waals surface area (Å²) < 4.78 is 25.0. The fourth-order valence-electron chi connectivity index (χ4n) is 3.03. The van der Waals surface area contributed by atoms with Gasteiger partial charge in [-0.3, -0.25) is 0 Å². The van der Waals surface area contributed by atoms with E-state index in [0.29, 0.717) is 22.1 Å². The van der Waals surface area contributed by atoms with Gasteiger partial charge >= 0.3 is 0 Å². The highest BCUT2D eigenvalue weighted by molar-refractivity contribution is 7.80. The maximum atomic E-state index is 13.8. The van der Waals surface area contributed by atoms with Gasteiger partial charge in [0.25, 0.3) is 0 Å². The molecule has 1 aliphatic rings. The second-order valence-corrected chi connectivity index (χ2v) is 7.02. The molecule has 0 aromatic heterocycles. The molecule has 2 aromatic carbocycles. The number of benzene rings is 2. The predicted molar refractivity (Wildman–Crippen MR) is 106 cm³/mol. The number of likely N-dealkylation sites (tertiary alicyclic amines) is 1. The smallest absolute Gasteiger partial charge is 0.180 e. The summed E-state index contributed by atoms with van der Waals surface area (Å²) in [6, 6.07) is 10.1. The minimum atomic E-state index is -0.314. The quantitative estimate of drug-likeness (QED) is 0.648. The molecule has 6 heteroatoms. The Kier molecular flexibility index (Phi) is 6.33. The van der Waals surface area contributed by atoms with Crippen LogP contribution < -0.4 is 9.47 Å². The van der Waals surface area contributed by atoms with Gasteiger partial charge in [0.2, 0.25) is 0 Å². The Hall–Kier alpha value is -1.85. The van der Waals surface area contributed by atoms with Gasteiger partial charge in [-0.15, -0.1) is 0 Å². The molecule has 1 saturated heterocycles. The van der Waals surface area contributed by atoms with E-state index in [4.69, 9.17) is 33.3 Å². The topological polar surface area (TPSA) is 21.7 Å². The molecular formula is C20H21ClFNO2S. The van der Waals surface area contributed by atoms with Crippen molar-refractivity contribution >= 4 is 28.8 Å². The summed E-state index contributed by atoms with van der Waals surface area (Å²) in [5.74, 6) is 0.566. The Morgan fingerprint density at radius 1 is 1.19 bits per heavy atom. The molecule has 1 fully saturated rings. The lowest BCUT2D eigenvalue weighted by molar-refractivity contribution is 0.280. The number of rotatable bonds is 5. The summed E-state index contributed by atoms with van der Waals surface area (Å²) in [5.41, 5.74) is 1.29. The van der Waals surface area contributed by atoms with Crippen molar-refractivity contribution in [2.45, 2.75) is 25.9 Å². The predicted octanol–water partition coefficient (Wildman–Crippen LogP) is 5.23. The third kappa shape index (κ3) is 4.27. The van der Waals surface area contributed by atoms with Crippen molar-refractivity contribution in [3.8, 4) is 11.5 Å². The second kappa shape index (κ2) is 8.69. The third-order valence-corrected chi connectivity index (χ3v) is 5.22. The first kappa shape index (κ1) is 18.9. The zero-order valence-electron chi connectivity index (χ0n) is 14.6. The van der Waals surface area contributed by atoms with Crippen molar-refractivity contribution in [2.24, 2.45) is 0 Å². The standard InChI is InChI=1S/C20H21ClFNO2S/c1-24-18-12-15(20(26)23-9-5-2-6-10-23)11-16(21)19(18)25-13-14-7-3-4-8-17(14)22/h3-4,7-8,11-12H,2,5-6,9-10,13H2,1H3.